The number of hydrogen-bond donors (Lipinski definition) is 1. The minimum Gasteiger partial charge on any atom is -0.437 e. The summed E-state index contributed by atoms with van der Waals surface area (Å²) < 4.78 is 18.8. The van der Waals surface area contributed by atoms with Gasteiger partial charge < -0.3 is 10.5 Å². The summed E-state index contributed by atoms with van der Waals surface area (Å²) >= 11 is 0. The van der Waals surface area contributed by atoms with Crippen LogP contribution in [0.25, 0.3) is 0 Å². The molecule has 0 saturated carbocycles. The van der Waals surface area contributed by atoms with E-state index in [4.69, 9.17) is 10.5 Å². The SMILES string of the molecule is CC(C)(C)c1ccccc1Oc1nc(F)ccc1N. The third-order valence-electron chi connectivity index (χ3n) is 2.76. The molecule has 100 valence electrons. The molecule has 1 aromatic heterocycles. The first-order valence-electron chi connectivity index (χ1n) is 6.07. The van der Waals surface area contributed by atoms with Gasteiger partial charge in [0, 0.05) is 5.56 Å². The summed E-state index contributed by atoms with van der Waals surface area (Å²) in [6.07, 6.45) is 0. The van der Waals surface area contributed by atoms with Gasteiger partial charge in [-0.2, -0.15) is 9.37 Å². The Morgan fingerprint density at radius 2 is 1.79 bits per heavy atom. The number of aromatic nitrogens is 1. The third kappa shape index (κ3) is 3.02. The number of para-hydroxylation sites is 1. The average molecular weight is 260 g/mol. The van der Waals surface area contributed by atoms with Crippen LogP contribution in [0.3, 0.4) is 0 Å². The minimum atomic E-state index is -0.613. The number of ether oxygens (including phenoxy) is 1. The molecule has 0 aliphatic carbocycles. The highest BCUT2D eigenvalue weighted by Crippen LogP contribution is 2.34. The van der Waals surface area contributed by atoms with Crippen molar-refractivity contribution in [2.45, 2.75) is 26.2 Å². The van der Waals surface area contributed by atoms with Crippen LogP contribution in [0, 0.1) is 5.95 Å². The molecule has 2 aromatic rings. The molecule has 0 fully saturated rings. The first-order valence-corrected chi connectivity index (χ1v) is 6.07. The van der Waals surface area contributed by atoms with E-state index in [0.717, 1.165) is 5.56 Å². The van der Waals surface area contributed by atoms with E-state index in [9.17, 15) is 4.39 Å². The van der Waals surface area contributed by atoms with E-state index < -0.39 is 5.95 Å². The van der Waals surface area contributed by atoms with E-state index in [1.807, 2.05) is 24.3 Å². The lowest BCUT2D eigenvalue weighted by Crippen LogP contribution is -2.12. The number of nitrogens with two attached hydrogens (primary N) is 1. The predicted octanol–water partition coefficient (Wildman–Crippen LogP) is 3.89. The van der Waals surface area contributed by atoms with Gasteiger partial charge in [0.2, 0.25) is 11.8 Å². The van der Waals surface area contributed by atoms with E-state index in [0.29, 0.717) is 11.4 Å². The van der Waals surface area contributed by atoms with Crippen LogP contribution in [0.1, 0.15) is 26.3 Å². The van der Waals surface area contributed by atoms with Crippen molar-refractivity contribution < 1.29 is 9.13 Å². The normalized spacial score (nSPS) is 11.4. The Labute approximate surface area is 112 Å². The zero-order valence-electron chi connectivity index (χ0n) is 11.3. The maximum Gasteiger partial charge on any atom is 0.245 e. The molecular weight excluding hydrogens is 243 g/mol. The van der Waals surface area contributed by atoms with E-state index in [2.05, 4.69) is 25.8 Å². The first kappa shape index (κ1) is 13.3. The van der Waals surface area contributed by atoms with Crippen LogP contribution in [0.4, 0.5) is 10.1 Å². The second-order valence-electron chi connectivity index (χ2n) is 5.38. The van der Waals surface area contributed by atoms with E-state index in [1.54, 1.807) is 0 Å². The molecule has 0 unspecified atom stereocenters. The van der Waals surface area contributed by atoms with Crippen LogP contribution in [-0.4, -0.2) is 4.98 Å². The Morgan fingerprint density at radius 3 is 2.47 bits per heavy atom. The standard InChI is InChI=1S/C15H17FN2O/c1-15(2,3)10-6-4-5-7-12(10)19-14-11(17)8-9-13(16)18-14/h4-9H,17H2,1-3H3. The van der Waals surface area contributed by atoms with Gasteiger partial charge in [-0.15, -0.1) is 0 Å². The molecule has 2 N–H and O–H groups in total. The van der Waals surface area contributed by atoms with Gasteiger partial charge in [-0.1, -0.05) is 39.0 Å². The van der Waals surface area contributed by atoms with Gasteiger partial charge in [0.15, 0.2) is 0 Å². The Bertz CT molecular complexity index is 591. The van der Waals surface area contributed by atoms with E-state index in [-0.39, 0.29) is 11.3 Å². The molecular formula is C15H17FN2O. The van der Waals surface area contributed by atoms with Gasteiger partial charge in [0.05, 0.1) is 5.69 Å². The number of pyridine rings is 1. The maximum absolute atomic E-state index is 13.1. The summed E-state index contributed by atoms with van der Waals surface area (Å²) in [5.74, 6) is 0.119. The lowest BCUT2D eigenvalue weighted by Gasteiger charge is -2.22. The molecule has 1 aromatic carbocycles. The summed E-state index contributed by atoms with van der Waals surface area (Å²) in [7, 11) is 0. The van der Waals surface area contributed by atoms with Gasteiger partial charge in [-0.25, -0.2) is 0 Å². The van der Waals surface area contributed by atoms with Crippen LogP contribution >= 0.6 is 0 Å². The molecule has 0 spiro atoms. The average Bonchev–Trinajstić information content (AvgIpc) is 2.33. The molecule has 0 aliphatic rings. The molecule has 0 radical (unpaired) electrons. The van der Waals surface area contributed by atoms with Crippen molar-refractivity contribution in [1.29, 1.82) is 0 Å². The number of halogens is 1. The second-order valence-corrected chi connectivity index (χ2v) is 5.38. The van der Waals surface area contributed by atoms with Crippen LogP contribution in [0.2, 0.25) is 0 Å². The van der Waals surface area contributed by atoms with Crippen LogP contribution in [-0.2, 0) is 5.41 Å². The molecule has 2 rings (SSSR count). The summed E-state index contributed by atoms with van der Waals surface area (Å²) in [5.41, 5.74) is 6.98. The van der Waals surface area contributed by atoms with Crippen LogP contribution in [0.15, 0.2) is 36.4 Å². The quantitative estimate of drug-likeness (QED) is 0.833. The van der Waals surface area contributed by atoms with Gasteiger partial charge in [-0.05, 0) is 23.6 Å². The Morgan fingerprint density at radius 1 is 1.11 bits per heavy atom. The van der Waals surface area contributed by atoms with Crippen molar-refractivity contribution in [3.05, 3.63) is 47.9 Å². The van der Waals surface area contributed by atoms with Crippen LogP contribution < -0.4 is 10.5 Å². The number of nitrogens with zero attached hydrogens (tertiary/aromatic N) is 1. The molecule has 4 heteroatoms. The Balaban J connectivity index is 2.41. The molecule has 0 saturated heterocycles. The first-order chi connectivity index (χ1) is 8.88. The van der Waals surface area contributed by atoms with E-state index >= 15 is 0 Å². The largest absolute Gasteiger partial charge is 0.437 e. The third-order valence-corrected chi connectivity index (χ3v) is 2.76. The molecule has 3 nitrogen and oxygen atoms in total. The highest BCUT2D eigenvalue weighted by Gasteiger charge is 2.19. The van der Waals surface area contributed by atoms with Crippen molar-refractivity contribution in [1.82, 2.24) is 4.98 Å². The predicted molar refractivity (Wildman–Crippen MR) is 73.8 cm³/mol. The fraction of sp³-hybridized carbons (Fsp3) is 0.267. The highest BCUT2D eigenvalue weighted by molar-refractivity contribution is 5.50. The fourth-order valence-corrected chi connectivity index (χ4v) is 1.79. The lowest BCUT2D eigenvalue weighted by molar-refractivity contribution is 0.429. The van der Waals surface area contributed by atoms with Crippen LogP contribution in [0.5, 0.6) is 11.6 Å². The fourth-order valence-electron chi connectivity index (χ4n) is 1.79. The molecule has 0 atom stereocenters. The number of benzene rings is 1. The Hall–Kier alpha value is -2.10. The molecule has 0 amide bonds. The number of nitrogen functional groups attached to an aromatic ring is 1. The lowest BCUT2D eigenvalue weighted by atomic mass is 9.86. The number of anilines is 1. The number of hydrogen-bond acceptors (Lipinski definition) is 3. The second kappa shape index (κ2) is 4.88. The van der Waals surface area contributed by atoms with Gasteiger partial charge >= 0.3 is 0 Å². The van der Waals surface area contributed by atoms with Crippen molar-refractivity contribution in [2.75, 3.05) is 5.73 Å². The van der Waals surface area contributed by atoms with Crippen molar-refractivity contribution in [3.8, 4) is 11.6 Å². The maximum atomic E-state index is 13.1. The van der Waals surface area contributed by atoms with Crippen molar-refractivity contribution >= 4 is 5.69 Å². The summed E-state index contributed by atoms with van der Waals surface area (Å²) in [6, 6.07) is 10.3. The van der Waals surface area contributed by atoms with Gasteiger partial charge in [0.1, 0.15) is 5.75 Å². The summed E-state index contributed by atoms with van der Waals surface area (Å²) in [4.78, 5) is 3.68. The zero-order chi connectivity index (χ0) is 14.0. The highest BCUT2D eigenvalue weighted by atomic mass is 19.1. The molecule has 1 heterocycles. The van der Waals surface area contributed by atoms with Gasteiger partial charge in [-0.3, -0.25) is 0 Å². The number of rotatable bonds is 2. The molecule has 0 bridgehead atoms. The van der Waals surface area contributed by atoms with Gasteiger partial charge in [0.25, 0.3) is 0 Å². The van der Waals surface area contributed by atoms with Crippen molar-refractivity contribution in [3.63, 3.8) is 0 Å². The zero-order valence-corrected chi connectivity index (χ0v) is 11.3. The topological polar surface area (TPSA) is 48.1 Å². The monoisotopic (exact) mass is 260 g/mol. The minimum absolute atomic E-state index is 0.0846. The molecule has 0 aliphatic heterocycles. The van der Waals surface area contributed by atoms with E-state index in [1.165, 1.54) is 12.1 Å². The summed E-state index contributed by atoms with van der Waals surface area (Å²) in [5, 5.41) is 0. The smallest absolute Gasteiger partial charge is 0.245 e. The summed E-state index contributed by atoms with van der Waals surface area (Å²) in [6.45, 7) is 6.24. The molecule has 19 heavy (non-hydrogen) atoms. The van der Waals surface area contributed by atoms with Crippen molar-refractivity contribution in [2.24, 2.45) is 0 Å². The Kier molecular flexibility index (Phi) is 3.42.